The molecule has 1 aliphatic heterocycles. The minimum Gasteiger partial charge on any atom is -0.466 e. The van der Waals surface area contributed by atoms with Crippen LogP contribution < -0.4 is 5.73 Å². The van der Waals surface area contributed by atoms with Gasteiger partial charge in [0.2, 0.25) is 0 Å². The number of furan rings is 1. The number of hydrogen-bond donors (Lipinski definition) is 1. The van der Waals surface area contributed by atoms with Gasteiger partial charge in [-0.1, -0.05) is 0 Å². The Balaban J connectivity index is 2.12. The molecule has 4 nitrogen and oxygen atoms in total. The summed E-state index contributed by atoms with van der Waals surface area (Å²) < 4.78 is 16.4. The fourth-order valence-electron chi connectivity index (χ4n) is 1.90. The van der Waals surface area contributed by atoms with Crippen molar-refractivity contribution in [3.63, 3.8) is 0 Å². The third-order valence-electron chi connectivity index (χ3n) is 2.68. The highest BCUT2D eigenvalue weighted by molar-refractivity contribution is 5.24. The molecule has 1 fully saturated rings. The van der Waals surface area contributed by atoms with Crippen molar-refractivity contribution in [2.24, 2.45) is 5.73 Å². The van der Waals surface area contributed by atoms with E-state index in [9.17, 15) is 0 Å². The summed E-state index contributed by atoms with van der Waals surface area (Å²) in [7, 11) is 0. The van der Waals surface area contributed by atoms with Crippen LogP contribution in [0.25, 0.3) is 0 Å². The molecule has 2 rings (SSSR count). The largest absolute Gasteiger partial charge is 0.466 e. The molecular formula is C11H17NO3. The molecule has 1 aromatic rings. The SMILES string of the molecule is Cc1cc(C(N)C2COCCO2)c(C)o1. The Kier molecular flexibility index (Phi) is 3.09. The van der Waals surface area contributed by atoms with Gasteiger partial charge in [0.05, 0.1) is 25.9 Å². The lowest BCUT2D eigenvalue weighted by atomic mass is 10.0. The maximum absolute atomic E-state index is 6.12. The van der Waals surface area contributed by atoms with Gasteiger partial charge in [-0.3, -0.25) is 0 Å². The second-order valence-corrected chi connectivity index (χ2v) is 3.88. The van der Waals surface area contributed by atoms with Gasteiger partial charge in [0.1, 0.15) is 17.6 Å². The average Bonchev–Trinajstić information content (AvgIpc) is 2.58. The van der Waals surface area contributed by atoms with E-state index in [0.29, 0.717) is 19.8 Å². The molecule has 1 saturated heterocycles. The van der Waals surface area contributed by atoms with Crippen molar-refractivity contribution in [2.75, 3.05) is 19.8 Å². The molecule has 84 valence electrons. The van der Waals surface area contributed by atoms with Crippen molar-refractivity contribution in [2.45, 2.75) is 26.0 Å². The molecule has 0 aliphatic carbocycles. The molecule has 0 spiro atoms. The lowest BCUT2D eigenvalue weighted by molar-refractivity contribution is -0.0976. The first-order valence-electron chi connectivity index (χ1n) is 5.20. The zero-order valence-corrected chi connectivity index (χ0v) is 9.16. The third kappa shape index (κ3) is 2.22. The zero-order valence-electron chi connectivity index (χ0n) is 9.16. The van der Waals surface area contributed by atoms with Crippen LogP contribution in [0.4, 0.5) is 0 Å². The Morgan fingerprint density at radius 3 is 2.73 bits per heavy atom. The van der Waals surface area contributed by atoms with Gasteiger partial charge in [0.15, 0.2) is 0 Å². The predicted octanol–water partition coefficient (Wildman–Crippen LogP) is 1.31. The van der Waals surface area contributed by atoms with Crippen molar-refractivity contribution in [1.29, 1.82) is 0 Å². The van der Waals surface area contributed by atoms with Gasteiger partial charge in [-0.25, -0.2) is 0 Å². The van der Waals surface area contributed by atoms with E-state index in [-0.39, 0.29) is 12.1 Å². The fourth-order valence-corrected chi connectivity index (χ4v) is 1.90. The molecule has 2 unspecified atom stereocenters. The Labute approximate surface area is 89.3 Å². The smallest absolute Gasteiger partial charge is 0.105 e. The van der Waals surface area contributed by atoms with Crippen molar-refractivity contribution in [1.82, 2.24) is 0 Å². The summed E-state index contributed by atoms with van der Waals surface area (Å²) in [6, 6.07) is 1.81. The normalized spacial score (nSPS) is 24.1. The molecule has 0 radical (unpaired) electrons. The van der Waals surface area contributed by atoms with Gasteiger partial charge in [-0.05, 0) is 19.9 Å². The molecule has 0 aromatic carbocycles. The quantitative estimate of drug-likeness (QED) is 0.801. The summed E-state index contributed by atoms with van der Waals surface area (Å²) in [5.41, 5.74) is 7.14. The van der Waals surface area contributed by atoms with E-state index in [2.05, 4.69) is 0 Å². The maximum atomic E-state index is 6.12. The number of nitrogens with two attached hydrogens (primary N) is 1. The highest BCUT2D eigenvalue weighted by atomic mass is 16.6. The van der Waals surface area contributed by atoms with Crippen LogP contribution in [0, 0.1) is 13.8 Å². The molecule has 15 heavy (non-hydrogen) atoms. The fraction of sp³-hybridized carbons (Fsp3) is 0.636. The lowest BCUT2D eigenvalue weighted by Gasteiger charge is -2.27. The maximum Gasteiger partial charge on any atom is 0.105 e. The first kappa shape index (κ1) is 10.7. The van der Waals surface area contributed by atoms with E-state index in [0.717, 1.165) is 17.1 Å². The Morgan fingerprint density at radius 1 is 1.40 bits per heavy atom. The van der Waals surface area contributed by atoms with Crippen LogP contribution in [0.1, 0.15) is 23.1 Å². The van der Waals surface area contributed by atoms with E-state index < -0.39 is 0 Å². The van der Waals surface area contributed by atoms with Crippen LogP contribution in [-0.4, -0.2) is 25.9 Å². The van der Waals surface area contributed by atoms with E-state index >= 15 is 0 Å². The number of aryl methyl sites for hydroxylation is 2. The number of hydrogen-bond acceptors (Lipinski definition) is 4. The van der Waals surface area contributed by atoms with Crippen LogP contribution in [0.15, 0.2) is 10.5 Å². The monoisotopic (exact) mass is 211 g/mol. The second kappa shape index (κ2) is 4.35. The van der Waals surface area contributed by atoms with Crippen molar-refractivity contribution in [3.05, 3.63) is 23.2 Å². The molecule has 2 atom stereocenters. The average molecular weight is 211 g/mol. The van der Waals surface area contributed by atoms with Crippen LogP contribution in [0.3, 0.4) is 0 Å². The molecule has 1 aliphatic rings. The first-order valence-corrected chi connectivity index (χ1v) is 5.20. The molecule has 2 N–H and O–H groups in total. The van der Waals surface area contributed by atoms with Crippen molar-refractivity contribution in [3.8, 4) is 0 Å². The first-order chi connectivity index (χ1) is 7.18. The van der Waals surface area contributed by atoms with Gasteiger partial charge in [0.25, 0.3) is 0 Å². The number of rotatable bonds is 2. The summed E-state index contributed by atoms with van der Waals surface area (Å²) >= 11 is 0. The summed E-state index contributed by atoms with van der Waals surface area (Å²) in [5.74, 6) is 1.75. The topological polar surface area (TPSA) is 57.6 Å². The van der Waals surface area contributed by atoms with Crippen molar-refractivity contribution >= 4 is 0 Å². The second-order valence-electron chi connectivity index (χ2n) is 3.88. The minimum absolute atomic E-state index is 0.0607. The summed E-state index contributed by atoms with van der Waals surface area (Å²) in [6.45, 7) is 5.68. The van der Waals surface area contributed by atoms with E-state index in [1.54, 1.807) is 0 Å². The molecule has 0 bridgehead atoms. The standard InChI is InChI=1S/C11H17NO3/c1-7-5-9(8(2)15-7)11(12)10-6-13-3-4-14-10/h5,10-11H,3-4,6,12H2,1-2H3. The Bertz CT molecular complexity index is 329. The zero-order chi connectivity index (χ0) is 10.8. The number of ether oxygens (including phenoxy) is 2. The molecular weight excluding hydrogens is 194 g/mol. The van der Waals surface area contributed by atoms with Crippen LogP contribution in [0.2, 0.25) is 0 Å². The highest BCUT2D eigenvalue weighted by Gasteiger charge is 2.26. The van der Waals surface area contributed by atoms with Crippen LogP contribution in [-0.2, 0) is 9.47 Å². The molecule has 1 aromatic heterocycles. The Hall–Kier alpha value is -0.840. The molecule has 2 heterocycles. The van der Waals surface area contributed by atoms with Gasteiger partial charge in [0, 0.05) is 5.56 Å². The molecule has 0 amide bonds. The highest BCUT2D eigenvalue weighted by Crippen LogP contribution is 2.24. The molecule has 4 heteroatoms. The van der Waals surface area contributed by atoms with E-state index in [1.807, 2.05) is 19.9 Å². The van der Waals surface area contributed by atoms with Gasteiger partial charge in [-0.2, -0.15) is 0 Å². The van der Waals surface area contributed by atoms with Gasteiger partial charge in [-0.15, -0.1) is 0 Å². The summed E-state index contributed by atoms with van der Waals surface area (Å²) in [5, 5.41) is 0. The van der Waals surface area contributed by atoms with E-state index in [4.69, 9.17) is 19.6 Å². The predicted molar refractivity (Wildman–Crippen MR) is 55.7 cm³/mol. The van der Waals surface area contributed by atoms with Crippen LogP contribution >= 0.6 is 0 Å². The lowest BCUT2D eigenvalue weighted by Crippen LogP contribution is -2.37. The minimum atomic E-state index is -0.164. The van der Waals surface area contributed by atoms with E-state index in [1.165, 1.54) is 0 Å². The van der Waals surface area contributed by atoms with Crippen LogP contribution in [0.5, 0.6) is 0 Å². The third-order valence-corrected chi connectivity index (χ3v) is 2.68. The van der Waals surface area contributed by atoms with Gasteiger partial charge >= 0.3 is 0 Å². The van der Waals surface area contributed by atoms with Crippen molar-refractivity contribution < 1.29 is 13.9 Å². The summed E-state index contributed by atoms with van der Waals surface area (Å²) in [4.78, 5) is 0. The summed E-state index contributed by atoms with van der Waals surface area (Å²) in [6.07, 6.45) is -0.0607. The van der Waals surface area contributed by atoms with Gasteiger partial charge < -0.3 is 19.6 Å². The molecule has 0 saturated carbocycles. The Morgan fingerprint density at radius 2 is 2.20 bits per heavy atom.